The number of benzene rings is 1. The van der Waals surface area contributed by atoms with E-state index in [1.807, 2.05) is 11.3 Å². The lowest BCUT2D eigenvalue weighted by Gasteiger charge is -2.03. The Balaban J connectivity index is 2.02. The minimum absolute atomic E-state index is 1.04. The van der Waals surface area contributed by atoms with Crippen molar-refractivity contribution < 1.29 is 0 Å². The fraction of sp³-hybridized carbons (Fsp3) is 0.154. The van der Waals surface area contributed by atoms with Crippen LogP contribution in [0.4, 0.5) is 0 Å². The van der Waals surface area contributed by atoms with Crippen molar-refractivity contribution >= 4 is 11.3 Å². The average Bonchev–Trinajstić information content (AvgIpc) is 2.69. The van der Waals surface area contributed by atoms with Crippen LogP contribution in [0.2, 0.25) is 0 Å². The van der Waals surface area contributed by atoms with Gasteiger partial charge in [-0.1, -0.05) is 30.3 Å². The van der Waals surface area contributed by atoms with Crippen LogP contribution in [0.5, 0.6) is 0 Å². The maximum Gasteiger partial charge on any atom is 0.00515 e. The monoisotopic (exact) mass is 201 g/mol. The summed E-state index contributed by atoms with van der Waals surface area (Å²) >= 11 is 1.82. The molecule has 0 atom stereocenters. The Morgan fingerprint density at radius 2 is 2.00 bits per heavy atom. The number of thiophene rings is 1. The van der Waals surface area contributed by atoms with Gasteiger partial charge in [-0.2, -0.15) is 0 Å². The van der Waals surface area contributed by atoms with Crippen LogP contribution in [0, 0.1) is 13.3 Å². The molecule has 0 unspecified atom stereocenters. The molecule has 2 rings (SSSR count). The molecule has 0 nitrogen and oxygen atoms in total. The van der Waals surface area contributed by atoms with Gasteiger partial charge in [-0.3, -0.25) is 0 Å². The molecule has 1 aromatic carbocycles. The van der Waals surface area contributed by atoms with Gasteiger partial charge in [0.2, 0.25) is 0 Å². The van der Waals surface area contributed by atoms with Gasteiger partial charge in [-0.25, -0.2) is 0 Å². The fourth-order valence-corrected chi connectivity index (χ4v) is 2.12. The molecule has 0 bridgehead atoms. The molecule has 0 spiro atoms. The van der Waals surface area contributed by atoms with Crippen LogP contribution in [0.15, 0.2) is 41.8 Å². The second kappa shape index (κ2) is 4.43. The van der Waals surface area contributed by atoms with Crippen LogP contribution < -0.4 is 0 Å². The molecular weight excluding hydrogens is 188 g/mol. The summed E-state index contributed by atoms with van der Waals surface area (Å²) in [5, 5.41) is 2.13. The molecule has 2 aromatic rings. The van der Waals surface area contributed by atoms with E-state index < -0.39 is 0 Å². The zero-order valence-corrected chi connectivity index (χ0v) is 9.05. The van der Waals surface area contributed by atoms with Crippen LogP contribution in [-0.4, -0.2) is 0 Å². The van der Waals surface area contributed by atoms with Crippen molar-refractivity contribution in [2.45, 2.75) is 13.3 Å². The van der Waals surface area contributed by atoms with E-state index in [4.69, 9.17) is 0 Å². The first-order valence-electron chi connectivity index (χ1n) is 4.77. The van der Waals surface area contributed by atoms with Gasteiger partial charge >= 0.3 is 0 Å². The highest BCUT2D eigenvalue weighted by Crippen LogP contribution is 2.16. The van der Waals surface area contributed by atoms with Crippen LogP contribution in [-0.2, 0) is 6.42 Å². The number of hydrogen-bond acceptors (Lipinski definition) is 1. The minimum atomic E-state index is 1.04. The maximum absolute atomic E-state index is 2.29. The molecular formula is C13H13S. The van der Waals surface area contributed by atoms with Crippen LogP contribution in [0.3, 0.4) is 0 Å². The summed E-state index contributed by atoms with van der Waals surface area (Å²) in [4.78, 5) is 1.42. The van der Waals surface area contributed by atoms with Crippen LogP contribution in [0.1, 0.15) is 16.0 Å². The standard InChI is InChI=1S/C13H13S/c1-11-5-2-3-6-12(11)8-9-13-7-4-10-14-13/h2-8,10H,9H2,1H3. The topological polar surface area (TPSA) is 0 Å². The van der Waals surface area contributed by atoms with E-state index in [2.05, 4.69) is 55.1 Å². The molecule has 1 aromatic heterocycles. The van der Waals surface area contributed by atoms with Crippen molar-refractivity contribution in [3.63, 3.8) is 0 Å². The van der Waals surface area contributed by atoms with E-state index in [1.165, 1.54) is 16.0 Å². The molecule has 1 radical (unpaired) electrons. The van der Waals surface area contributed by atoms with E-state index in [1.54, 1.807) is 0 Å². The average molecular weight is 201 g/mol. The fourth-order valence-electron chi connectivity index (χ4n) is 1.46. The largest absolute Gasteiger partial charge is 0.149 e. The van der Waals surface area contributed by atoms with Crippen molar-refractivity contribution in [2.24, 2.45) is 0 Å². The molecule has 0 N–H and O–H groups in total. The molecule has 71 valence electrons. The first-order chi connectivity index (χ1) is 6.86. The van der Waals surface area contributed by atoms with Gasteiger partial charge in [0.15, 0.2) is 0 Å². The lowest BCUT2D eigenvalue weighted by atomic mass is 10.0. The van der Waals surface area contributed by atoms with Crippen LogP contribution >= 0.6 is 11.3 Å². The molecule has 0 aliphatic rings. The summed E-state index contributed by atoms with van der Waals surface area (Å²) in [5.74, 6) is 0. The lowest BCUT2D eigenvalue weighted by molar-refractivity contribution is 1.19. The second-order valence-electron chi connectivity index (χ2n) is 3.34. The Morgan fingerprint density at radius 3 is 2.71 bits per heavy atom. The summed E-state index contributed by atoms with van der Waals surface area (Å²) in [6, 6.07) is 12.8. The van der Waals surface area contributed by atoms with E-state index in [0.29, 0.717) is 0 Å². The molecule has 0 aliphatic heterocycles. The van der Waals surface area contributed by atoms with Crippen molar-refractivity contribution in [2.75, 3.05) is 0 Å². The Labute approximate surface area is 89.2 Å². The molecule has 0 saturated heterocycles. The summed E-state index contributed by atoms with van der Waals surface area (Å²) in [6.45, 7) is 2.15. The smallest absolute Gasteiger partial charge is 0.00515 e. The Morgan fingerprint density at radius 1 is 1.14 bits per heavy atom. The van der Waals surface area contributed by atoms with Gasteiger partial charge in [-0.15, -0.1) is 11.3 Å². The Kier molecular flexibility index (Phi) is 3.00. The summed E-state index contributed by atoms with van der Waals surface area (Å²) in [6.07, 6.45) is 3.34. The second-order valence-corrected chi connectivity index (χ2v) is 4.38. The quantitative estimate of drug-likeness (QED) is 0.707. The molecule has 0 amide bonds. The molecule has 0 aliphatic carbocycles. The van der Waals surface area contributed by atoms with Gasteiger partial charge in [0.05, 0.1) is 0 Å². The predicted molar refractivity (Wildman–Crippen MR) is 62.6 cm³/mol. The van der Waals surface area contributed by atoms with Gasteiger partial charge in [0, 0.05) is 4.88 Å². The summed E-state index contributed by atoms with van der Waals surface area (Å²) in [5.41, 5.74) is 2.70. The third kappa shape index (κ3) is 2.24. The van der Waals surface area contributed by atoms with E-state index in [0.717, 1.165) is 6.42 Å². The highest BCUT2D eigenvalue weighted by Gasteiger charge is 1.99. The van der Waals surface area contributed by atoms with E-state index in [9.17, 15) is 0 Å². The van der Waals surface area contributed by atoms with Crippen molar-refractivity contribution in [1.82, 2.24) is 0 Å². The SMILES string of the molecule is Cc1ccccc1[CH]Cc1cccs1. The lowest BCUT2D eigenvalue weighted by Crippen LogP contribution is -1.88. The molecule has 14 heavy (non-hydrogen) atoms. The van der Waals surface area contributed by atoms with Gasteiger partial charge in [0.1, 0.15) is 0 Å². The zero-order chi connectivity index (χ0) is 9.80. The zero-order valence-electron chi connectivity index (χ0n) is 8.23. The number of aryl methyl sites for hydroxylation is 1. The number of rotatable bonds is 3. The van der Waals surface area contributed by atoms with E-state index >= 15 is 0 Å². The predicted octanol–water partition coefficient (Wildman–Crippen LogP) is 3.85. The normalized spacial score (nSPS) is 10.4. The molecule has 1 heterocycles. The summed E-state index contributed by atoms with van der Waals surface area (Å²) in [7, 11) is 0. The summed E-state index contributed by atoms with van der Waals surface area (Å²) < 4.78 is 0. The molecule has 0 fully saturated rings. The van der Waals surface area contributed by atoms with Crippen molar-refractivity contribution in [1.29, 1.82) is 0 Å². The Bertz CT molecular complexity index is 387. The van der Waals surface area contributed by atoms with Crippen molar-refractivity contribution in [3.05, 3.63) is 64.2 Å². The van der Waals surface area contributed by atoms with Gasteiger partial charge in [0.25, 0.3) is 0 Å². The first kappa shape index (κ1) is 9.47. The minimum Gasteiger partial charge on any atom is -0.149 e. The highest BCUT2D eigenvalue weighted by molar-refractivity contribution is 7.09. The maximum atomic E-state index is 2.29. The Hall–Kier alpha value is -1.08. The van der Waals surface area contributed by atoms with Gasteiger partial charge in [-0.05, 0) is 42.3 Å². The van der Waals surface area contributed by atoms with Crippen LogP contribution in [0.25, 0.3) is 0 Å². The van der Waals surface area contributed by atoms with Gasteiger partial charge < -0.3 is 0 Å². The van der Waals surface area contributed by atoms with E-state index in [-0.39, 0.29) is 0 Å². The highest BCUT2D eigenvalue weighted by atomic mass is 32.1. The van der Waals surface area contributed by atoms with Crippen molar-refractivity contribution in [3.8, 4) is 0 Å². The third-order valence-electron chi connectivity index (χ3n) is 2.29. The molecule has 0 saturated carbocycles. The third-order valence-corrected chi connectivity index (χ3v) is 3.19. The molecule has 1 heteroatoms. The first-order valence-corrected chi connectivity index (χ1v) is 5.65. The number of hydrogen-bond donors (Lipinski definition) is 0.